The van der Waals surface area contributed by atoms with Gasteiger partial charge in [0.25, 0.3) is 0 Å². The number of aliphatic hydroxyl groups is 1. The van der Waals surface area contributed by atoms with Gasteiger partial charge in [-0.25, -0.2) is 4.98 Å². The molecule has 0 saturated heterocycles. The first-order valence-electron chi connectivity index (χ1n) is 8.50. The van der Waals surface area contributed by atoms with Gasteiger partial charge in [-0.2, -0.15) is 0 Å². The van der Waals surface area contributed by atoms with Crippen LogP contribution in [0.4, 0.5) is 0 Å². The van der Waals surface area contributed by atoms with Crippen molar-refractivity contribution < 1.29 is 9.90 Å². The van der Waals surface area contributed by atoms with Gasteiger partial charge in [-0.3, -0.25) is 4.79 Å². The first-order valence-corrected chi connectivity index (χ1v) is 8.50. The van der Waals surface area contributed by atoms with Gasteiger partial charge in [0.05, 0.1) is 25.2 Å². The average Bonchev–Trinajstić information content (AvgIpc) is 2.92. The fraction of sp³-hybridized carbons (Fsp3) is 0.765. The Kier molecular flexibility index (Phi) is 6.43. The lowest BCUT2D eigenvalue weighted by Crippen LogP contribution is -2.39. The molecule has 1 aliphatic rings. The van der Waals surface area contributed by atoms with Gasteiger partial charge in [0.1, 0.15) is 0 Å². The number of nitrogens with zero attached hydrogens (tertiary/aromatic N) is 3. The van der Waals surface area contributed by atoms with E-state index in [0.29, 0.717) is 13.1 Å². The molecule has 1 heterocycles. The summed E-state index contributed by atoms with van der Waals surface area (Å²) in [6, 6.07) is 0. The molecule has 5 heteroatoms. The SMILES string of the molecule is CCCC1CCC(C(=O)N(CCO)Cc2cncn2C)CC1. The Balaban J connectivity index is 1.94. The van der Waals surface area contributed by atoms with E-state index in [1.54, 1.807) is 17.4 Å². The maximum absolute atomic E-state index is 12.8. The van der Waals surface area contributed by atoms with E-state index in [1.807, 2.05) is 11.6 Å². The average molecular weight is 307 g/mol. The van der Waals surface area contributed by atoms with Gasteiger partial charge >= 0.3 is 0 Å². The Morgan fingerprint density at radius 1 is 1.41 bits per heavy atom. The molecule has 0 aromatic carbocycles. The van der Waals surface area contributed by atoms with E-state index in [0.717, 1.165) is 24.5 Å². The van der Waals surface area contributed by atoms with E-state index in [2.05, 4.69) is 11.9 Å². The highest BCUT2D eigenvalue weighted by atomic mass is 16.3. The third-order valence-corrected chi connectivity index (χ3v) is 4.84. The molecule has 1 aliphatic carbocycles. The molecule has 0 radical (unpaired) electrons. The lowest BCUT2D eigenvalue weighted by molar-refractivity contribution is -0.138. The van der Waals surface area contributed by atoms with Crippen LogP contribution in [0.3, 0.4) is 0 Å². The lowest BCUT2D eigenvalue weighted by atomic mass is 9.79. The Morgan fingerprint density at radius 2 is 2.14 bits per heavy atom. The number of hydrogen-bond donors (Lipinski definition) is 1. The van der Waals surface area contributed by atoms with Crippen LogP contribution in [0.15, 0.2) is 12.5 Å². The van der Waals surface area contributed by atoms with Crippen LogP contribution >= 0.6 is 0 Å². The third kappa shape index (κ3) is 4.32. The highest BCUT2D eigenvalue weighted by Crippen LogP contribution is 2.32. The van der Waals surface area contributed by atoms with E-state index >= 15 is 0 Å². The van der Waals surface area contributed by atoms with Crippen LogP contribution in [0.25, 0.3) is 0 Å². The minimum atomic E-state index is 0.00870. The normalized spacial score (nSPS) is 21.8. The topological polar surface area (TPSA) is 58.4 Å². The molecular weight excluding hydrogens is 278 g/mol. The number of hydrogen-bond acceptors (Lipinski definition) is 3. The summed E-state index contributed by atoms with van der Waals surface area (Å²) in [6.07, 6.45) is 10.4. The van der Waals surface area contributed by atoms with Crippen molar-refractivity contribution in [3.05, 3.63) is 18.2 Å². The van der Waals surface area contributed by atoms with Gasteiger partial charge in [-0.1, -0.05) is 19.8 Å². The molecule has 5 nitrogen and oxygen atoms in total. The van der Waals surface area contributed by atoms with Gasteiger partial charge < -0.3 is 14.6 Å². The molecule has 1 aromatic rings. The molecule has 124 valence electrons. The maximum Gasteiger partial charge on any atom is 0.226 e. The van der Waals surface area contributed by atoms with Crippen LogP contribution in [-0.2, 0) is 18.4 Å². The number of aryl methyl sites for hydroxylation is 1. The van der Waals surface area contributed by atoms with Gasteiger partial charge in [0.15, 0.2) is 0 Å². The molecule has 0 unspecified atom stereocenters. The quantitative estimate of drug-likeness (QED) is 0.841. The van der Waals surface area contributed by atoms with Crippen LogP contribution in [-0.4, -0.2) is 38.6 Å². The number of imidazole rings is 1. The summed E-state index contributed by atoms with van der Waals surface area (Å²) in [6.45, 7) is 3.17. The molecule has 1 aromatic heterocycles. The molecule has 1 N–H and O–H groups in total. The van der Waals surface area contributed by atoms with Gasteiger partial charge in [-0.15, -0.1) is 0 Å². The molecule has 22 heavy (non-hydrogen) atoms. The van der Waals surface area contributed by atoms with Crippen molar-refractivity contribution in [2.45, 2.75) is 52.0 Å². The summed E-state index contributed by atoms with van der Waals surface area (Å²) >= 11 is 0. The summed E-state index contributed by atoms with van der Waals surface area (Å²) < 4.78 is 1.93. The Hall–Kier alpha value is -1.36. The number of carbonyl (C=O) groups is 1. The molecule has 0 bridgehead atoms. The Labute approximate surface area is 133 Å². The van der Waals surface area contributed by atoms with E-state index in [-0.39, 0.29) is 18.4 Å². The molecule has 0 aliphatic heterocycles. The van der Waals surface area contributed by atoms with Gasteiger partial charge in [0, 0.05) is 25.7 Å². The number of aromatic nitrogens is 2. The van der Waals surface area contributed by atoms with Crippen molar-refractivity contribution in [2.75, 3.05) is 13.2 Å². The van der Waals surface area contributed by atoms with Gasteiger partial charge in [0.2, 0.25) is 5.91 Å². The smallest absolute Gasteiger partial charge is 0.226 e. The maximum atomic E-state index is 12.8. The predicted molar refractivity (Wildman–Crippen MR) is 86.1 cm³/mol. The van der Waals surface area contributed by atoms with Crippen molar-refractivity contribution in [1.29, 1.82) is 0 Å². The van der Waals surface area contributed by atoms with Crippen LogP contribution in [0, 0.1) is 11.8 Å². The largest absolute Gasteiger partial charge is 0.395 e. The van der Waals surface area contributed by atoms with E-state index in [9.17, 15) is 9.90 Å². The lowest BCUT2D eigenvalue weighted by Gasteiger charge is -2.32. The summed E-state index contributed by atoms with van der Waals surface area (Å²) in [5.74, 6) is 1.13. The Bertz CT molecular complexity index is 464. The minimum Gasteiger partial charge on any atom is -0.395 e. The fourth-order valence-corrected chi connectivity index (χ4v) is 3.48. The molecule has 0 spiro atoms. The highest BCUT2D eigenvalue weighted by Gasteiger charge is 2.29. The van der Waals surface area contributed by atoms with Crippen molar-refractivity contribution in [3.63, 3.8) is 0 Å². The zero-order valence-electron chi connectivity index (χ0n) is 13.9. The van der Waals surface area contributed by atoms with E-state index < -0.39 is 0 Å². The second-order valence-corrected chi connectivity index (χ2v) is 6.49. The molecule has 1 fully saturated rings. The molecule has 1 saturated carbocycles. The van der Waals surface area contributed by atoms with Crippen LogP contribution in [0.5, 0.6) is 0 Å². The van der Waals surface area contributed by atoms with Crippen LogP contribution in [0.2, 0.25) is 0 Å². The second kappa shape index (κ2) is 8.32. The first-order chi connectivity index (χ1) is 10.7. The van der Waals surface area contributed by atoms with Crippen molar-refractivity contribution >= 4 is 5.91 Å². The van der Waals surface area contributed by atoms with Gasteiger partial charge in [-0.05, 0) is 31.6 Å². The molecule has 0 atom stereocenters. The van der Waals surface area contributed by atoms with Crippen LogP contribution < -0.4 is 0 Å². The Morgan fingerprint density at radius 3 is 2.68 bits per heavy atom. The zero-order chi connectivity index (χ0) is 15.9. The second-order valence-electron chi connectivity index (χ2n) is 6.49. The van der Waals surface area contributed by atoms with E-state index in [4.69, 9.17) is 0 Å². The number of aliphatic hydroxyl groups excluding tert-OH is 1. The van der Waals surface area contributed by atoms with E-state index in [1.165, 1.54) is 25.7 Å². The minimum absolute atomic E-state index is 0.00870. The standard InChI is InChI=1S/C17H29N3O2/c1-3-4-14-5-7-15(8-6-14)17(22)20(9-10-21)12-16-11-18-13-19(16)2/h11,13-15,21H,3-10,12H2,1-2H3. The summed E-state index contributed by atoms with van der Waals surface area (Å²) in [7, 11) is 1.93. The third-order valence-electron chi connectivity index (χ3n) is 4.84. The number of amides is 1. The highest BCUT2D eigenvalue weighted by molar-refractivity contribution is 5.78. The van der Waals surface area contributed by atoms with Crippen LogP contribution in [0.1, 0.15) is 51.1 Å². The molecular formula is C17H29N3O2. The number of carbonyl (C=O) groups excluding carboxylic acids is 1. The van der Waals surface area contributed by atoms with Crippen molar-refractivity contribution in [2.24, 2.45) is 18.9 Å². The van der Waals surface area contributed by atoms with Crippen molar-refractivity contribution in [3.8, 4) is 0 Å². The predicted octanol–water partition coefficient (Wildman–Crippen LogP) is 2.35. The zero-order valence-corrected chi connectivity index (χ0v) is 13.9. The fourth-order valence-electron chi connectivity index (χ4n) is 3.48. The summed E-state index contributed by atoms with van der Waals surface area (Å²) in [5, 5.41) is 9.28. The monoisotopic (exact) mass is 307 g/mol. The first kappa shape index (κ1) is 17.0. The number of rotatable bonds is 7. The van der Waals surface area contributed by atoms with Crippen molar-refractivity contribution in [1.82, 2.24) is 14.5 Å². The summed E-state index contributed by atoms with van der Waals surface area (Å²) in [5.41, 5.74) is 1.00. The molecule has 2 rings (SSSR count). The molecule has 1 amide bonds. The summed E-state index contributed by atoms with van der Waals surface area (Å²) in [4.78, 5) is 18.7.